The van der Waals surface area contributed by atoms with E-state index in [1.165, 1.54) is 0 Å². The molecule has 2 unspecified atom stereocenters. The van der Waals surface area contributed by atoms with Crippen LogP contribution in [0.5, 0.6) is 5.75 Å². The maximum absolute atomic E-state index is 12.1. The molecule has 1 aliphatic heterocycles. The van der Waals surface area contributed by atoms with Crippen LogP contribution in [0.1, 0.15) is 18.9 Å². The summed E-state index contributed by atoms with van der Waals surface area (Å²) in [5, 5.41) is 9.37. The van der Waals surface area contributed by atoms with Gasteiger partial charge in [-0.1, -0.05) is 12.1 Å². The molecule has 1 amide bonds. The molecule has 1 aliphatic rings. The Balaban J connectivity index is 1.99. The molecule has 1 saturated heterocycles. The summed E-state index contributed by atoms with van der Waals surface area (Å²) in [4.78, 5) is 13.9. The van der Waals surface area contributed by atoms with Crippen LogP contribution in [0.4, 0.5) is 0 Å². The Bertz CT molecular complexity index is 433. The Morgan fingerprint density at radius 2 is 2.33 bits per heavy atom. The smallest absolute Gasteiger partial charge is 0.227 e. The zero-order valence-electron chi connectivity index (χ0n) is 10.8. The van der Waals surface area contributed by atoms with Crippen LogP contribution in [0.15, 0.2) is 24.3 Å². The summed E-state index contributed by atoms with van der Waals surface area (Å²) >= 11 is 0. The van der Waals surface area contributed by atoms with Crippen LogP contribution in [0.25, 0.3) is 0 Å². The zero-order valence-corrected chi connectivity index (χ0v) is 10.8. The van der Waals surface area contributed by atoms with Crippen molar-refractivity contribution in [1.82, 2.24) is 4.90 Å². The minimum atomic E-state index is 0.0583. The lowest BCUT2D eigenvalue weighted by Crippen LogP contribution is -2.41. The van der Waals surface area contributed by atoms with E-state index in [1.54, 1.807) is 23.1 Å². The first-order chi connectivity index (χ1) is 8.58. The highest BCUT2D eigenvalue weighted by Gasteiger charge is 2.30. The van der Waals surface area contributed by atoms with Gasteiger partial charge in [0.15, 0.2) is 0 Å². The molecular formula is C14H19NO3. The number of likely N-dealkylation sites (N-methyl/N-ethyl adjacent to an activating group) is 1. The molecule has 0 spiro atoms. The van der Waals surface area contributed by atoms with Gasteiger partial charge >= 0.3 is 0 Å². The number of rotatable bonds is 3. The highest BCUT2D eigenvalue weighted by Crippen LogP contribution is 2.19. The van der Waals surface area contributed by atoms with E-state index in [0.717, 1.165) is 18.6 Å². The molecule has 1 aromatic rings. The Hall–Kier alpha value is -1.55. The van der Waals surface area contributed by atoms with Crippen molar-refractivity contribution in [3.63, 3.8) is 0 Å². The SMILES string of the molecule is CC1OCCC1N(C)C(=O)Cc1cccc(O)c1. The van der Waals surface area contributed by atoms with Gasteiger partial charge in [-0.05, 0) is 31.0 Å². The zero-order chi connectivity index (χ0) is 13.1. The Morgan fingerprint density at radius 1 is 1.56 bits per heavy atom. The third-order valence-electron chi connectivity index (χ3n) is 3.49. The van der Waals surface area contributed by atoms with Crippen LogP contribution in [0, 0.1) is 0 Å². The van der Waals surface area contributed by atoms with E-state index in [-0.39, 0.29) is 23.8 Å². The van der Waals surface area contributed by atoms with Crippen LogP contribution < -0.4 is 0 Å². The molecule has 1 fully saturated rings. The number of nitrogens with zero attached hydrogens (tertiary/aromatic N) is 1. The molecule has 0 aliphatic carbocycles. The number of carbonyl (C=O) groups excluding carboxylic acids is 1. The van der Waals surface area contributed by atoms with Crippen LogP contribution in [0.2, 0.25) is 0 Å². The lowest BCUT2D eigenvalue weighted by Gasteiger charge is -2.26. The maximum Gasteiger partial charge on any atom is 0.227 e. The van der Waals surface area contributed by atoms with Crippen molar-refractivity contribution in [2.24, 2.45) is 0 Å². The van der Waals surface area contributed by atoms with Crippen molar-refractivity contribution in [3.8, 4) is 5.75 Å². The molecule has 2 atom stereocenters. The summed E-state index contributed by atoms with van der Waals surface area (Å²) in [6.07, 6.45) is 1.31. The summed E-state index contributed by atoms with van der Waals surface area (Å²) in [6.45, 7) is 2.71. The van der Waals surface area contributed by atoms with Crippen molar-refractivity contribution < 1.29 is 14.6 Å². The number of carbonyl (C=O) groups is 1. The van der Waals surface area contributed by atoms with Gasteiger partial charge in [0.1, 0.15) is 5.75 Å². The van der Waals surface area contributed by atoms with Crippen molar-refractivity contribution in [1.29, 1.82) is 0 Å². The van der Waals surface area contributed by atoms with E-state index in [4.69, 9.17) is 4.74 Å². The lowest BCUT2D eigenvalue weighted by atomic mass is 10.1. The molecule has 4 heteroatoms. The molecule has 1 N–H and O–H groups in total. The number of ether oxygens (including phenoxy) is 1. The monoisotopic (exact) mass is 249 g/mol. The lowest BCUT2D eigenvalue weighted by molar-refractivity contribution is -0.132. The van der Waals surface area contributed by atoms with E-state index in [1.807, 2.05) is 20.0 Å². The molecule has 1 aromatic carbocycles. The molecule has 18 heavy (non-hydrogen) atoms. The number of hydrogen-bond donors (Lipinski definition) is 1. The summed E-state index contributed by atoms with van der Waals surface area (Å²) in [6, 6.07) is 6.99. The van der Waals surface area contributed by atoms with Crippen molar-refractivity contribution in [2.75, 3.05) is 13.7 Å². The number of aromatic hydroxyl groups is 1. The molecule has 98 valence electrons. The molecule has 0 aromatic heterocycles. The molecule has 4 nitrogen and oxygen atoms in total. The third kappa shape index (κ3) is 2.82. The number of phenols is 1. The van der Waals surface area contributed by atoms with Gasteiger partial charge in [0.2, 0.25) is 5.91 Å². The quantitative estimate of drug-likeness (QED) is 0.884. The fraction of sp³-hybridized carbons (Fsp3) is 0.500. The average Bonchev–Trinajstić information content (AvgIpc) is 2.74. The fourth-order valence-corrected chi connectivity index (χ4v) is 2.38. The van der Waals surface area contributed by atoms with E-state index < -0.39 is 0 Å². The van der Waals surface area contributed by atoms with E-state index in [2.05, 4.69) is 0 Å². The normalized spacial score (nSPS) is 23.0. The summed E-state index contributed by atoms with van der Waals surface area (Å²) in [7, 11) is 1.82. The van der Waals surface area contributed by atoms with Gasteiger partial charge < -0.3 is 14.7 Å². The standard InChI is InChI=1S/C14H19NO3/c1-10-13(6-7-18-10)15(2)14(17)9-11-4-3-5-12(16)8-11/h3-5,8,10,13,16H,6-7,9H2,1-2H3. The predicted molar refractivity (Wildman–Crippen MR) is 68.4 cm³/mol. The molecule has 0 saturated carbocycles. The summed E-state index contributed by atoms with van der Waals surface area (Å²) in [5.41, 5.74) is 0.832. The van der Waals surface area contributed by atoms with Gasteiger partial charge in [0.25, 0.3) is 0 Å². The van der Waals surface area contributed by atoms with Crippen molar-refractivity contribution in [2.45, 2.75) is 31.9 Å². The summed E-state index contributed by atoms with van der Waals surface area (Å²) < 4.78 is 5.47. The minimum Gasteiger partial charge on any atom is -0.508 e. The second kappa shape index (κ2) is 5.40. The molecular weight excluding hydrogens is 230 g/mol. The average molecular weight is 249 g/mol. The topological polar surface area (TPSA) is 49.8 Å². The first-order valence-corrected chi connectivity index (χ1v) is 6.23. The van der Waals surface area contributed by atoms with Crippen molar-refractivity contribution >= 4 is 5.91 Å². The Labute approximate surface area is 107 Å². The second-order valence-electron chi connectivity index (χ2n) is 4.78. The van der Waals surface area contributed by atoms with Crippen LogP contribution in [-0.2, 0) is 16.0 Å². The van der Waals surface area contributed by atoms with Gasteiger partial charge in [-0.3, -0.25) is 4.79 Å². The Morgan fingerprint density at radius 3 is 2.94 bits per heavy atom. The van der Waals surface area contributed by atoms with Gasteiger partial charge in [-0.2, -0.15) is 0 Å². The van der Waals surface area contributed by atoms with E-state index in [9.17, 15) is 9.90 Å². The van der Waals surface area contributed by atoms with Crippen molar-refractivity contribution in [3.05, 3.63) is 29.8 Å². The first kappa shape index (κ1) is 12.9. The largest absolute Gasteiger partial charge is 0.508 e. The van der Waals surface area contributed by atoms with Gasteiger partial charge in [0.05, 0.1) is 18.6 Å². The van der Waals surface area contributed by atoms with Crippen LogP contribution in [-0.4, -0.2) is 41.7 Å². The minimum absolute atomic E-state index is 0.0583. The number of hydrogen-bond acceptors (Lipinski definition) is 3. The number of phenolic OH excluding ortho intramolecular Hbond substituents is 1. The van der Waals surface area contributed by atoms with E-state index in [0.29, 0.717) is 6.42 Å². The number of benzene rings is 1. The Kier molecular flexibility index (Phi) is 3.87. The van der Waals surface area contributed by atoms with Crippen LogP contribution >= 0.6 is 0 Å². The van der Waals surface area contributed by atoms with Gasteiger partial charge in [-0.15, -0.1) is 0 Å². The molecule has 1 heterocycles. The fourth-order valence-electron chi connectivity index (χ4n) is 2.38. The molecule has 0 bridgehead atoms. The predicted octanol–water partition coefficient (Wildman–Crippen LogP) is 1.57. The van der Waals surface area contributed by atoms with Gasteiger partial charge in [0, 0.05) is 13.7 Å². The van der Waals surface area contributed by atoms with Crippen LogP contribution in [0.3, 0.4) is 0 Å². The maximum atomic E-state index is 12.1. The third-order valence-corrected chi connectivity index (χ3v) is 3.49. The molecule has 0 radical (unpaired) electrons. The van der Waals surface area contributed by atoms with Gasteiger partial charge in [-0.25, -0.2) is 0 Å². The molecule has 2 rings (SSSR count). The second-order valence-corrected chi connectivity index (χ2v) is 4.78. The highest BCUT2D eigenvalue weighted by molar-refractivity contribution is 5.79. The summed E-state index contributed by atoms with van der Waals surface area (Å²) in [5.74, 6) is 0.253. The first-order valence-electron chi connectivity index (χ1n) is 6.23. The number of amides is 1. The highest BCUT2D eigenvalue weighted by atomic mass is 16.5. The van der Waals surface area contributed by atoms with E-state index >= 15 is 0 Å².